The Morgan fingerprint density at radius 2 is 1.84 bits per heavy atom. The van der Waals surface area contributed by atoms with Crippen molar-refractivity contribution in [1.82, 2.24) is 10.3 Å². The summed E-state index contributed by atoms with van der Waals surface area (Å²) >= 11 is 6.08. The van der Waals surface area contributed by atoms with Crippen molar-refractivity contribution >= 4 is 28.5 Å². The molecule has 1 aromatic heterocycles. The number of carboxylic acids is 1. The van der Waals surface area contributed by atoms with Gasteiger partial charge in [0.15, 0.2) is 0 Å². The second-order valence-corrected chi connectivity index (χ2v) is 7.84. The highest BCUT2D eigenvalue weighted by Crippen LogP contribution is 2.24. The van der Waals surface area contributed by atoms with Gasteiger partial charge in [-0.15, -0.1) is 0 Å². The summed E-state index contributed by atoms with van der Waals surface area (Å²) in [7, 11) is 0. The molecule has 3 N–H and O–H groups in total. The van der Waals surface area contributed by atoms with E-state index in [4.69, 9.17) is 16.3 Å². The molecule has 0 amide bonds. The molecule has 7 heteroatoms. The second-order valence-electron chi connectivity index (χ2n) is 7.43. The Balaban J connectivity index is 1.45. The number of carboxylic acid groups (broad SMARTS) is 1. The first-order valence-corrected chi connectivity index (χ1v) is 10.6. The molecule has 0 unspecified atom stereocenters. The maximum atomic E-state index is 14.0. The van der Waals surface area contributed by atoms with E-state index in [0.29, 0.717) is 17.2 Å². The molecule has 32 heavy (non-hydrogen) atoms. The number of hydrogen-bond acceptors (Lipinski definition) is 3. The van der Waals surface area contributed by atoms with Crippen molar-refractivity contribution in [1.29, 1.82) is 0 Å². The van der Waals surface area contributed by atoms with Gasteiger partial charge in [0, 0.05) is 41.2 Å². The fraction of sp³-hybridized carbons (Fsp3) is 0.160. The number of benzene rings is 3. The number of fused-ring (bicyclic) bond motifs is 1. The lowest BCUT2D eigenvalue weighted by molar-refractivity contribution is -0.139. The Morgan fingerprint density at radius 1 is 1.06 bits per heavy atom. The van der Waals surface area contributed by atoms with Gasteiger partial charge in [-0.05, 0) is 29.8 Å². The highest BCUT2D eigenvalue weighted by atomic mass is 35.5. The minimum atomic E-state index is -0.938. The highest BCUT2D eigenvalue weighted by molar-refractivity contribution is 6.31. The maximum Gasteiger partial charge on any atom is 0.321 e. The van der Waals surface area contributed by atoms with Crippen LogP contribution in [0.5, 0.6) is 5.75 Å². The van der Waals surface area contributed by atoms with Crippen molar-refractivity contribution in [2.24, 2.45) is 0 Å². The molecule has 5 nitrogen and oxygen atoms in total. The first-order chi connectivity index (χ1) is 15.5. The number of ether oxygens (including phenoxy) is 1. The molecule has 164 valence electrons. The molecule has 0 bridgehead atoms. The molecule has 1 heterocycles. The Kier molecular flexibility index (Phi) is 6.73. The SMILES string of the molecule is O=C(O)[C@H](Cc1c[nH]c2ccccc12)NCc1ccccc1OCc1c(F)cccc1Cl. The molecule has 4 aromatic rings. The fourth-order valence-electron chi connectivity index (χ4n) is 3.61. The van der Waals surface area contributed by atoms with Gasteiger partial charge in [0.25, 0.3) is 0 Å². The van der Waals surface area contributed by atoms with E-state index >= 15 is 0 Å². The van der Waals surface area contributed by atoms with Crippen LogP contribution in [0.25, 0.3) is 10.9 Å². The van der Waals surface area contributed by atoms with Crippen LogP contribution in [0.15, 0.2) is 72.9 Å². The van der Waals surface area contributed by atoms with E-state index in [1.807, 2.05) is 48.7 Å². The number of aromatic nitrogens is 1. The van der Waals surface area contributed by atoms with Crippen LogP contribution in [-0.2, 0) is 24.4 Å². The van der Waals surface area contributed by atoms with Crippen LogP contribution in [0.3, 0.4) is 0 Å². The van der Waals surface area contributed by atoms with Gasteiger partial charge in [-0.3, -0.25) is 10.1 Å². The monoisotopic (exact) mass is 452 g/mol. The van der Waals surface area contributed by atoms with E-state index < -0.39 is 17.8 Å². The molecule has 0 aliphatic rings. The van der Waals surface area contributed by atoms with E-state index in [1.54, 1.807) is 18.2 Å². The zero-order chi connectivity index (χ0) is 22.5. The third kappa shape index (κ3) is 4.93. The number of nitrogens with one attached hydrogen (secondary N) is 2. The Morgan fingerprint density at radius 3 is 2.66 bits per heavy atom. The third-order valence-corrected chi connectivity index (χ3v) is 5.70. The average Bonchev–Trinajstić information content (AvgIpc) is 3.19. The van der Waals surface area contributed by atoms with Gasteiger partial charge in [0.1, 0.15) is 24.2 Å². The molecule has 0 saturated carbocycles. The second kappa shape index (κ2) is 9.85. The first kappa shape index (κ1) is 21.9. The third-order valence-electron chi connectivity index (χ3n) is 5.34. The number of para-hydroxylation sites is 2. The summed E-state index contributed by atoms with van der Waals surface area (Å²) < 4.78 is 19.9. The molecule has 1 atom stereocenters. The average molecular weight is 453 g/mol. The summed E-state index contributed by atoms with van der Waals surface area (Å²) in [6, 6.07) is 18.7. The van der Waals surface area contributed by atoms with Gasteiger partial charge in [-0.2, -0.15) is 0 Å². The lowest BCUT2D eigenvalue weighted by Gasteiger charge is -2.17. The number of rotatable bonds is 9. The first-order valence-electron chi connectivity index (χ1n) is 10.2. The molecule has 0 spiro atoms. The fourth-order valence-corrected chi connectivity index (χ4v) is 3.83. The normalized spacial score (nSPS) is 12.1. The number of H-pyrrole nitrogens is 1. The molecule has 0 aliphatic carbocycles. The van der Waals surface area contributed by atoms with Gasteiger partial charge in [0.05, 0.1) is 5.02 Å². The summed E-state index contributed by atoms with van der Waals surface area (Å²) in [5.41, 5.74) is 2.95. The van der Waals surface area contributed by atoms with Crippen molar-refractivity contribution < 1.29 is 19.0 Å². The van der Waals surface area contributed by atoms with Crippen LogP contribution in [0.1, 0.15) is 16.7 Å². The number of halogens is 2. The summed E-state index contributed by atoms with van der Waals surface area (Å²) in [6.07, 6.45) is 2.17. The number of aliphatic carboxylic acids is 1. The number of aromatic amines is 1. The molecular formula is C25H22ClFN2O3. The molecule has 4 rings (SSSR count). The standard InChI is InChI=1S/C25H22ClFN2O3/c26-20-8-5-9-21(27)19(20)15-32-24-11-4-1-6-16(24)13-29-23(25(30)31)12-17-14-28-22-10-3-2-7-18(17)22/h1-11,14,23,28-29H,12-13,15H2,(H,30,31)/t23-/m0/s1. The summed E-state index contributed by atoms with van der Waals surface area (Å²) in [6.45, 7) is 0.251. The van der Waals surface area contributed by atoms with Gasteiger partial charge < -0.3 is 14.8 Å². The highest BCUT2D eigenvalue weighted by Gasteiger charge is 2.20. The van der Waals surface area contributed by atoms with Crippen LogP contribution >= 0.6 is 11.6 Å². The van der Waals surface area contributed by atoms with Crippen LogP contribution in [-0.4, -0.2) is 22.1 Å². The number of hydrogen-bond donors (Lipinski definition) is 3. The Labute approximate surface area is 189 Å². The predicted molar refractivity (Wildman–Crippen MR) is 122 cm³/mol. The molecule has 0 fully saturated rings. The smallest absolute Gasteiger partial charge is 0.321 e. The summed E-state index contributed by atoms with van der Waals surface area (Å²) in [4.78, 5) is 15.1. The lowest BCUT2D eigenvalue weighted by atomic mass is 10.0. The van der Waals surface area contributed by atoms with Crippen molar-refractivity contribution in [3.05, 3.63) is 100 Å². The van der Waals surface area contributed by atoms with Crippen LogP contribution in [0.2, 0.25) is 5.02 Å². The van der Waals surface area contributed by atoms with Crippen LogP contribution in [0, 0.1) is 5.82 Å². The quantitative estimate of drug-likeness (QED) is 0.321. The van der Waals surface area contributed by atoms with Gasteiger partial charge >= 0.3 is 5.97 Å². The van der Waals surface area contributed by atoms with Crippen LogP contribution < -0.4 is 10.1 Å². The van der Waals surface area contributed by atoms with Crippen molar-refractivity contribution in [3.63, 3.8) is 0 Å². The largest absolute Gasteiger partial charge is 0.488 e. The van der Waals surface area contributed by atoms with Gasteiger partial charge in [-0.1, -0.05) is 54.1 Å². The Bertz CT molecular complexity index is 1220. The molecule has 0 saturated heterocycles. The maximum absolute atomic E-state index is 14.0. The number of carbonyl (C=O) groups is 1. The van der Waals surface area contributed by atoms with E-state index in [0.717, 1.165) is 22.0 Å². The molecule has 0 aliphatic heterocycles. The Hall–Kier alpha value is -3.35. The summed E-state index contributed by atoms with van der Waals surface area (Å²) in [5, 5.41) is 14.2. The van der Waals surface area contributed by atoms with E-state index in [1.165, 1.54) is 6.07 Å². The molecular weight excluding hydrogens is 431 g/mol. The van der Waals surface area contributed by atoms with Crippen molar-refractivity contribution in [2.45, 2.75) is 25.6 Å². The van der Waals surface area contributed by atoms with Crippen LogP contribution in [0.4, 0.5) is 4.39 Å². The zero-order valence-corrected chi connectivity index (χ0v) is 17.9. The molecule has 0 radical (unpaired) electrons. The zero-order valence-electron chi connectivity index (χ0n) is 17.1. The lowest BCUT2D eigenvalue weighted by Crippen LogP contribution is -2.38. The molecule has 3 aromatic carbocycles. The van der Waals surface area contributed by atoms with Gasteiger partial charge in [-0.25, -0.2) is 4.39 Å². The van der Waals surface area contributed by atoms with E-state index in [2.05, 4.69) is 10.3 Å². The van der Waals surface area contributed by atoms with E-state index in [9.17, 15) is 14.3 Å². The predicted octanol–water partition coefficient (Wildman–Crippen LogP) is 5.32. The van der Waals surface area contributed by atoms with E-state index in [-0.39, 0.29) is 18.7 Å². The van der Waals surface area contributed by atoms with Crippen molar-refractivity contribution in [2.75, 3.05) is 0 Å². The summed E-state index contributed by atoms with van der Waals surface area (Å²) in [5.74, 6) is -0.833. The minimum Gasteiger partial charge on any atom is -0.488 e. The minimum absolute atomic E-state index is 0.0276. The van der Waals surface area contributed by atoms with Crippen molar-refractivity contribution in [3.8, 4) is 5.75 Å². The van der Waals surface area contributed by atoms with Gasteiger partial charge in [0.2, 0.25) is 0 Å². The topological polar surface area (TPSA) is 74.3 Å².